The first-order valence-corrected chi connectivity index (χ1v) is 10.1. The van der Waals surface area contributed by atoms with E-state index in [-0.39, 0.29) is 17.6 Å². The van der Waals surface area contributed by atoms with Gasteiger partial charge in [-0.15, -0.1) is 0 Å². The fourth-order valence-electron chi connectivity index (χ4n) is 3.37. The summed E-state index contributed by atoms with van der Waals surface area (Å²) in [5, 5.41) is 7.35. The second-order valence-corrected chi connectivity index (χ2v) is 7.45. The molecule has 1 aliphatic rings. The highest BCUT2D eigenvalue weighted by Gasteiger charge is 2.25. The van der Waals surface area contributed by atoms with Crippen molar-refractivity contribution in [3.8, 4) is 11.3 Å². The third-order valence-electron chi connectivity index (χ3n) is 4.93. The van der Waals surface area contributed by atoms with Gasteiger partial charge in [-0.2, -0.15) is 0 Å². The van der Waals surface area contributed by atoms with Crippen LogP contribution in [-0.2, 0) is 0 Å². The van der Waals surface area contributed by atoms with Crippen molar-refractivity contribution in [1.29, 1.82) is 0 Å². The first kappa shape index (κ1) is 20.0. The molecule has 0 spiro atoms. The highest BCUT2D eigenvalue weighted by molar-refractivity contribution is 6.30. The summed E-state index contributed by atoms with van der Waals surface area (Å²) in [4.78, 5) is 28.9. The van der Waals surface area contributed by atoms with Crippen LogP contribution in [0.4, 0.5) is 10.5 Å². The highest BCUT2D eigenvalue weighted by Crippen LogP contribution is 2.21. The molecule has 1 fully saturated rings. The van der Waals surface area contributed by atoms with Gasteiger partial charge in [-0.3, -0.25) is 4.79 Å². The third-order valence-corrected chi connectivity index (χ3v) is 5.17. The van der Waals surface area contributed by atoms with E-state index in [2.05, 4.69) is 10.5 Å². The molecule has 7 nitrogen and oxygen atoms in total. The van der Waals surface area contributed by atoms with Crippen molar-refractivity contribution in [3.63, 3.8) is 0 Å². The molecule has 8 heteroatoms. The van der Waals surface area contributed by atoms with Crippen LogP contribution in [-0.4, -0.2) is 53.1 Å². The Labute approximate surface area is 179 Å². The average Bonchev–Trinajstić information content (AvgIpc) is 3.12. The van der Waals surface area contributed by atoms with Crippen molar-refractivity contribution in [2.45, 2.75) is 6.42 Å². The number of anilines is 1. The number of amides is 3. The van der Waals surface area contributed by atoms with Gasteiger partial charge in [0.1, 0.15) is 0 Å². The van der Waals surface area contributed by atoms with Crippen molar-refractivity contribution >= 4 is 29.2 Å². The first-order valence-electron chi connectivity index (χ1n) is 9.73. The van der Waals surface area contributed by atoms with Gasteiger partial charge in [0.05, 0.1) is 0 Å². The summed E-state index contributed by atoms with van der Waals surface area (Å²) < 4.78 is 5.35. The largest absolute Gasteiger partial charge is 0.355 e. The molecule has 1 N–H and O–H groups in total. The fourth-order valence-corrected chi connectivity index (χ4v) is 3.56. The lowest BCUT2D eigenvalue weighted by Gasteiger charge is -2.22. The van der Waals surface area contributed by atoms with Gasteiger partial charge >= 0.3 is 6.03 Å². The Hall–Kier alpha value is -3.32. The summed E-state index contributed by atoms with van der Waals surface area (Å²) in [5.41, 5.74) is 1.77. The average molecular weight is 425 g/mol. The normalized spacial score (nSPS) is 14.3. The number of rotatable bonds is 3. The van der Waals surface area contributed by atoms with Gasteiger partial charge in [0.15, 0.2) is 11.5 Å². The molecular weight excluding hydrogens is 404 g/mol. The van der Waals surface area contributed by atoms with Gasteiger partial charge in [-0.25, -0.2) is 4.79 Å². The van der Waals surface area contributed by atoms with Crippen LogP contribution >= 0.6 is 11.6 Å². The lowest BCUT2D eigenvalue weighted by Crippen LogP contribution is -2.39. The van der Waals surface area contributed by atoms with Gasteiger partial charge in [-0.1, -0.05) is 53.2 Å². The van der Waals surface area contributed by atoms with E-state index in [1.165, 1.54) is 0 Å². The molecular formula is C22H21ClN4O3. The number of hydrogen-bond acceptors (Lipinski definition) is 4. The van der Waals surface area contributed by atoms with Gasteiger partial charge in [-0.05, 0) is 24.6 Å². The lowest BCUT2D eigenvalue weighted by molar-refractivity contribution is 0.0752. The smallest absolute Gasteiger partial charge is 0.321 e. The van der Waals surface area contributed by atoms with E-state index < -0.39 is 0 Å². The summed E-state index contributed by atoms with van der Waals surface area (Å²) in [6, 6.07) is 18.0. The Morgan fingerprint density at radius 1 is 0.933 bits per heavy atom. The molecule has 4 rings (SSSR count). The molecule has 3 amide bonds. The van der Waals surface area contributed by atoms with Crippen LogP contribution in [0.25, 0.3) is 11.3 Å². The number of nitrogens with zero attached hydrogens (tertiary/aromatic N) is 3. The zero-order chi connectivity index (χ0) is 20.9. The van der Waals surface area contributed by atoms with Crippen LogP contribution in [0.3, 0.4) is 0 Å². The minimum absolute atomic E-state index is 0.196. The summed E-state index contributed by atoms with van der Waals surface area (Å²) in [5.74, 6) is 0.356. The Kier molecular flexibility index (Phi) is 5.99. The number of nitrogens with one attached hydrogen (secondary N) is 1. The zero-order valence-corrected chi connectivity index (χ0v) is 17.0. The maximum absolute atomic E-state index is 12.9. The summed E-state index contributed by atoms with van der Waals surface area (Å²) in [6.07, 6.45) is 0.679. The van der Waals surface area contributed by atoms with Gasteiger partial charge in [0.2, 0.25) is 0 Å². The monoisotopic (exact) mass is 424 g/mol. The van der Waals surface area contributed by atoms with E-state index in [0.29, 0.717) is 49.1 Å². The van der Waals surface area contributed by atoms with E-state index in [0.717, 1.165) is 5.56 Å². The molecule has 0 bridgehead atoms. The van der Waals surface area contributed by atoms with E-state index in [1.54, 1.807) is 40.1 Å². The van der Waals surface area contributed by atoms with Crippen molar-refractivity contribution < 1.29 is 14.1 Å². The number of benzene rings is 2. The lowest BCUT2D eigenvalue weighted by atomic mass is 10.1. The topological polar surface area (TPSA) is 78.7 Å². The van der Waals surface area contributed by atoms with Crippen LogP contribution in [0.1, 0.15) is 16.9 Å². The summed E-state index contributed by atoms with van der Waals surface area (Å²) in [6.45, 7) is 1.97. The van der Waals surface area contributed by atoms with Crippen LogP contribution < -0.4 is 5.32 Å². The highest BCUT2D eigenvalue weighted by atomic mass is 35.5. The van der Waals surface area contributed by atoms with E-state index in [4.69, 9.17) is 16.1 Å². The molecule has 30 heavy (non-hydrogen) atoms. The number of urea groups is 1. The molecule has 2 aromatic carbocycles. The Morgan fingerprint density at radius 2 is 1.70 bits per heavy atom. The van der Waals surface area contributed by atoms with Crippen LogP contribution in [0.5, 0.6) is 0 Å². The van der Waals surface area contributed by atoms with E-state index >= 15 is 0 Å². The van der Waals surface area contributed by atoms with Crippen LogP contribution in [0, 0.1) is 0 Å². The Balaban J connectivity index is 1.37. The van der Waals surface area contributed by atoms with E-state index in [1.807, 2.05) is 30.3 Å². The molecule has 0 aliphatic carbocycles. The SMILES string of the molecule is O=C(Nc1cccc(Cl)c1)N1CCCN(C(=O)c2cc(-c3ccccc3)on2)CC1. The van der Waals surface area contributed by atoms with E-state index in [9.17, 15) is 9.59 Å². The predicted molar refractivity (Wildman–Crippen MR) is 115 cm³/mol. The molecule has 0 atom stereocenters. The molecule has 1 aromatic heterocycles. The molecule has 0 radical (unpaired) electrons. The Bertz CT molecular complexity index is 1040. The maximum Gasteiger partial charge on any atom is 0.321 e. The summed E-state index contributed by atoms with van der Waals surface area (Å²) >= 11 is 5.97. The molecule has 0 saturated carbocycles. The molecule has 1 saturated heterocycles. The van der Waals surface area contributed by atoms with Crippen molar-refractivity contribution in [3.05, 3.63) is 71.4 Å². The minimum Gasteiger partial charge on any atom is -0.355 e. The molecule has 0 unspecified atom stereocenters. The van der Waals surface area contributed by atoms with Crippen molar-refractivity contribution in [1.82, 2.24) is 15.0 Å². The van der Waals surface area contributed by atoms with Gasteiger partial charge in [0, 0.05) is 48.5 Å². The predicted octanol–water partition coefficient (Wildman–Crippen LogP) is 4.38. The fraction of sp³-hybridized carbons (Fsp3) is 0.227. The number of carbonyl (C=O) groups is 2. The number of aromatic nitrogens is 1. The van der Waals surface area contributed by atoms with Gasteiger partial charge in [0.25, 0.3) is 5.91 Å². The zero-order valence-electron chi connectivity index (χ0n) is 16.3. The summed E-state index contributed by atoms with van der Waals surface area (Å²) in [7, 11) is 0. The Morgan fingerprint density at radius 3 is 2.50 bits per heavy atom. The third kappa shape index (κ3) is 4.63. The second-order valence-electron chi connectivity index (χ2n) is 7.02. The molecule has 3 aromatic rings. The molecule has 154 valence electrons. The number of halogens is 1. The molecule has 2 heterocycles. The quantitative estimate of drug-likeness (QED) is 0.676. The first-order chi connectivity index (χ1) is 14.6. The van der Waals surface area contributed by atoms with Crippen LogP contribution in [0.15, 0.2) is 65.2 Å². The standard InChI is InChI=1S/C22H21ClN4O3/c23-17-8-4-9-18(14-17)24-22(29)27-11-5-10-26(12-13-27)21(28)19-15-20(30-25-19)16-6-2-1-3-7-16/h1-4,6-9,14-15H,5,10-13H2,(H,24,29). The van der Waals surface area contributed by atoms with Gasteiger partial charge < -0.3 is 19.6 Å². The van der Waals surface area contributed by atoms with Crippen molar-refractivity contribution in [2.75, 3.05) is 31.5 Å². The number of hydrogen-bond donors (Lipinski definition) is 1. The molecule has 1 aliphatic heterocycles. The minimum atomic E-state index is -0.209. The second kappa shape index (κ2) is 9.00. The van der Waals surface area contributed by atoms with Crippen molar-refractivity contribution in [2.24, 2.45) is 0 Å². The van der Waals surface area contributed by atoms with Crippen LogP contribution in [0.2, 0.25) is 5.02 Å². The maximum atomic E-state index is 12.9. The number of carbonyl (C=O) groups excluding carboxylic acids is 2.